The number of aromatic nitrogens is 1. The monoisotopic (exact) mass is 445 g/mol. The van der Waals surface area contributed by atoms with Gasteiger partial charge in [-0.2, -0.15) is 0 Å². The minimum absolute atomic E-state index is 0.284. The van der Waals surface area contributed by atoms with E-state index in [0.29, 0.717) is 11.3 Å². The van der Waals surface area contributed by atoms with Crippen LogP contribution < -0.4 is 10.1 Å². The second kappa shape index (κ2) is 8.68. The first kappa shape index (κ1) is 16.6. The van der Waals surface area contributed by atoms with Crippen molar-refractivity contribution in [3.05, 3.63) is 46.0 Å². The summed E-state index contributed by atoms with van der Waals surface area (Å²) >= 11 is 0.462. The lowest BCUT2D eigenvalue weighted by atomic mass is 9.99. The van der Waals surface area contributed by atoms with Crippen molar-refractivity contribution in [2.75, 3.05) is 5.32 Å². The molecule has 14 heteroatoms. The summed E-state index contributed by atoms with van der Waals surface area (Å²) in [7, 11) is 0. The van der Waals surface area contributed by atoms with Crippen molar-refractivity contribution < 1.29 is 49.9 Å². The Morgan fingerprint density at radius 2 is 1.97 bits per heavy atom. The zero-order valence-corrected chi connectivity index (χ0v) is 15.3. The lowest BCUT2D eigenvalue weighted by Gasteiger charge is -2.38. The second-order valence-electron chi connectivity index (χ2n) is 5.77. The van der Waals surface area contributed by atoms with Gasteiger partial charge in [-0.05, 0) is 23.4 Å². The van der Waals surface area contributed by atoms with Crippen molar-refractivity contribution in [1.82, 2.24) is 4.98 Å². The molecule has 1 saturated heterocycles. The van der Waals surface area contributed by atoms with Crippen LogP contribution in [0.2, 0.25) is 0 Å². The molecule has 5 atom stereocenters. The fourth-order valence-corrected chi connectivity index (χ4v) is 3.01. The first-order valence-electron chi connectivity index (χ1n) is 9.96. The highest BCUT2D eigenvalue weighted by Gasteiger charge is 2.48. The number of ether oxygens (including phenoxy) is 2. The van der Waals surface area contributed by atoms with E-state index in [1.807, 2.05) is 0 Å². The second-order valence-corrected chi connectivity index (χ2v) is 6.78. The van der Waals surface area contributed by atoms with Gasteiger partial charge in [0.05, 0.1) is 16.0 Å². The summed E-state index contributed by atoms with van der Waals surface area (Å²) in [5.41, 5.74) is -0.827. The normalized spacial score (nSPS) is 27.9. The molecular weight excluding hydrogens is 426 g/mol. The third kappa shape index (κ3) is 4.37. The Kier molecular flexibility index (Phi) is 4.81. The van der Waals surface area contributed by atoms with Crippen LogP contribution in [0.4, 0.5) is 10.1 Å². The summed E-state index contributed by atoms with van der Waals surface area (Å²) in [5.74, 6) is -3.84. The molecule has 160 valence electrons. The maximum atomic E-state index is 12.8. The third-order valence-corrected chi connectivity index (χ3v) is 4.69. The highest BCUT2D eigenvalue weighted by Crippen LogP contribution is 2.29. The lowest BCUT2D eigenvalue weighted by molar-refractivity contribution is -0.380. The molecule has 0 radical (unpaired) electrons. The summed E-state index contributed by atoms with van der Waals surface area (Å²) in [6.07, 6.45) is -9.52. The van der Waals surface area contributed by atoms with Gasteiger partial charge in [0.15, 0.2) is 11.2 Å². The molecule has 0 unspecified atom stereocenters. The molecule has 0 saturated carbocycles. The van der Waals surface area contributed by atoms with Crippen molar-refractivity contribution in [3.63, 3.8) is 0 Å². The maximum Gasteiger partial charge on any atom is 0.345 e. The number of thiazole rings is 1. The molecule has 3 rings (SSSR count). The molecule has 1 fully saturated rings. The molecule has 0 bridgehead atoms. The van der Waals surface area contributed by atoms with Gasteiger partial charge < -0.3 is 29.9 Å². The van der Waals surface area contributed by atoms with Gasteiger partial charge in [-0.25, -0.2) is 9.78 Å². The molecule has 1 aliphatic heterocycles. The van der Waals surface area contributed by atoms with E-state index in [1.165, 1.54) is 0 Å². The zero-order valence-electron chi connectivity index (χ0n) is 18.5. The zero-order chi connectivity index (χ0) is 25.5. The van der Waals surface area contributed by atoms with Crippen molar-refractivity contribution in [2.45, 2.75) is 30.7 Å². The van der Waals surface area contributed by atoms with Crippen molar-refractivity contribution in [2.24, 2.45) is 0 Å². The van der Waals surface area contributed by atoms with E-state index >= 15 is 0 Å². The Morgan fingerprint density at radius 3 is 2.60 bits per heavy atom. The van der Waals surface area contributed by atoms with Gasteiger partial charge in [-0.3, -0.25) is 20.2 Å². The molecule has 2 aromatic rings. The Morgan fingerprint density at radius 1 is 1.27 bits per heavy atom. The number of carbonyl (C=O) groups is 2. The van der Waals surface area contributed by atoms with Gasteiger partial charge in [-0.15, -0.1) is 0 Å². The number of hydrogen-bond donors (Lipinski definition) is 5. The van der Waals surface area contributed by atoms with Gasteiger partial charge in [0.2, 0.25) is 6.29 Å². The number of amides is 1. The standard InChI is InChI=1S/C16H15N3O10S/c20-9-10(21)12(14(24)25)29-15(11(9)22)28-7-4-2-1-3-6(7)13(23)18-16-17-5-8(30-16)19(26)27/h1-5,9-12,15,20-22H,(H,24,25)(H,17,18,23)/t9-,10-,11+,12-,15+/m0/s1/i1D,2D,3D,4D. The summed E-state index contributed by atoms with van der Waals surface area (Å²) in [4.78, 5) is 37.8. The van der Waals surface area contributed by atoms with Crippen LogP contribution >= 0.6 is 11.3 Å². The number of anilines is 1. The molecule has 1 amide bonds. The number of nitro groups is 1. The molecule has 1 aromatic carbocycles. The molecule has 0 aliphatic carbocycles. The molecule has 5 N–H and O–H groups in total. The number of carboxylic acid groups (broad SMARTS) is 1. The van der Waals surface area contributed by atoms with Crippen molar-refractivity contribution in [1.29, 1.82) is 0 Å². The number of hydrogen-bond acceptors (Lipinski definition) is 11. The van der Waals surface area contributed by atoms with Gasteiger partial charge in [0.1, 0.15) is 30.3 Å². The quantitative estimate of drug-likeness (QED) is 0.285. The van der Waals surface area contributed by atoms with E-state index in [4.69, 9.17) is 20.1 Å². The highest BCUT2D eigenvalue weighted by molar-refractivity contribution is 7.18. The van der Waals surface area contributed by atoms with Gasteiger partial charge in [-0.1, -0.05) is 12.1 Å². The maximum absolute atomic E-state index is 12.8. The number of nitrogens with zero attached hydrogens (tertiary/aromatic N) is 2. The predicted octanol–water partition coefficient (Wildman–Crippen LogP) is -0.425. The summed E-state index contributed by atoms with van der Waals surface area (Å²) in [6, 6.07) is -3.53. The van der Waals surface area contributed by atoms with Gasteiger partial charge >= 0.3 is 11.0 Å². The Hall–Kier alpha value is -3.17. The number of rotatable bonds is 6. The van der Waals surface area contributed by atoms with E-state index in [-0.39, 0.29) is 5.13 Å². The number of benzene rings is 1. The molecule has 0 spiro atoms. The van der Waals surface area contributed by atoms with E-state index in [9.17, 15) is 35.0 Å². The van der Waals surface area contributed by atoms with Crippen LogP contribution in [0.25, 0.3) is 0 Å². The number of carboxylic acids is 1. The minimum Gasteiger partial charge on any atom is -0.479 e. The molecule has 30 heavy (non-hydrogen) atoms. The van der Waals surface area contributed by atoms with Crippen LogP contribution in [0.5, 0.6) is 5.75 Å². The van der Waals surface area contributed by atoms with E-state index < -0.39 is 88.0 Å². The Labute approximate surface area is 176 Å². The lowest BCUT2D eigenvalue weighted by Crippen LogP contribution is -2.61. The summed E-state index contributed by atoms with van der Waals surface area (Å²) in [5, 5.41) is 51.3. The van der Waals surface area contributed by atoms with E-state index in [1.54, 1.807) is 0 Å². The minimum atomic E-state index is -2.08. The number of carbonyl (C=O) groups excluding carboxylic acids is 1. The fraction of sp³-hybridized carbons (Fsp3) is 0.312. The Bertz CT molecular complexity index is 1160. The van der Waals surface area contributed by atoms with E-state index in [2.05, 4.69) is 10.3 Å². The number of aliphatic hydroxyl groups excluding tert-OH is 3. The first-order chi connectivity index (χ1) is 15.8. The number of aliphatic carboxylic acids is 1. The smallest absolute Gasteiger partial charge is 0.345 e. The largest absolute Gasteiger partial charge is 0.479 e. The van der Waals surface area contributed by atoms with Crippen LogP contribution in [0, 0.1) is 10.1 Å². The topological polar surface area (TPSA) is 202 Å². The SMILES string of the molecule is [2H]c1c([2H])c([2H])c(C(=O)Nc2ncc([N+](=O)[O-])s2)c(O[C@@H]2O[C@H](C(=O)O)[C@@H](O)[C@H](O)[C@H]2O)c1[2H]. The molecular formula is C16H15N3O10S. The van der Waals surface area contributed by atoms with Crippen molar-refractivity contribution in [3.8, 4) is 5.75 Å². The van der Waals surface area contributed by atoms with Crippen LogP contribution in [0.3, 0.4) is 0 Å². The van der Waals surface area contributed by atoms with Crippen molar-refractivity contribution >= 4 is 33.3 Å². The summed E-state index contributed by atoms with van der Waals surface area (Å²) in [6.45, 7) is 0. The Balaban J connectivity index is 2.02. The first-order valence-corrected chi connectivity index (χ1v) is 8.77. The average Bonchev–Trinajstić information content (AvgIpc) is 3.24. The van der Waals surface area contributed by atoms with Crippen LogP contribution in [0.15, 0.2) is 30.4 Å². The number of aliphatic hydroxyl groups is 3. The predicted molar refractivity (Wildman–Crippen MR) is 98.1 cm³/mol. The van der Waals surface area contributed by atoms with Crippen LogP contribution in [-0.2, 0) is 9.53 Å². The average molecular weight is 445 g/mol. The van der Waals surface area contributed by atoms with Crippen LogP contribution in [0.1, 0.15) is 15.8 Å². The molecule has 1 aromatic heterocycles. The molecule has 1 aliphatic rings. The van der Waals surface area contributed by atoms with E-state index in [0.717, 1.165) is 6.20 Å². The van der Waals surface area contributed by atoms with Gasteiger partial charge in [0.25, 0.3) is 5.91 Å². The number of nitrogens with one attached hydrogen (secondary N) is 1. The molecule has 13 nitrogen and oxygen atoms in total. The van der Waals surface area contributed by atoms with Gasteiger partial charge in [0, 0.05) is 0 Å². The molecule has 2 heterocycles. The highest BCUT2D eigenvalue weighted by atomic mass is 32.1. The third-order valence-electron chi connectivity index (χ3n) is 3.82. The van der Waals surface area contributed by atoms with Crippen LogP contribution in [-0.4, -0.2) is 72.9 Å². The number of para-hydroxylation sites is 1. The fourth-order valence-electron chi connectivity index (χ4n) is 2.38. The summed E-state index contributed by atoms with van der Waals surface area (Å²) < 4.78 is 41.9.